The summed E-state index contributed by atoms with van der Waals surface area (Å²) in [5.74, 6) is 0. The van der Waals surface area contributed by atoms with Gasteiger partial charge in [-0.05, 0) is 145 Å². The summed E-state index contributed by atoms with van der Waals surface area (Å²) in [6, 6.07) is 72.6. The van der Waals surface area contributed by atoms with E-state index in [1.807, 2.05) is 0 Å². The van der Waals surface area contributed by atoms with Crippen LogP contribution < -0.4 is 0 Å². The van der Waals surface area contributed by atoms with Gasteiger partial charge in [0.2, 0.25) is 0 Å². The molecule has 57 heavy (non-hydrogen) atoms. The molecule has 0 amide bonds. The molecule has 0 saturated carbocycles. The van der Waals surface area contributed by atoms with E-state index in [1.165, 1.54) is 120 Å². The second kappa shape index (κ2) is 12.0. The van der Waals surface area contributed by atoms with E-state index in [0.29, 0.717) is 0 Å². The van der Waals surface area contributed by atoms with Gasteiger partial charge < -0.3 is 0 Å². The van der Waals surface area contributed by atoms with Crippen LogP contribution >= 0.6 is 0 Å². The Morgan fingerprint density at radius 3 is 1.37 bits per heavy atom. The lowest BCUT2D eigenvalue weighted by Crippen LogP contribution is -2.15. The normalized spacial score (nSPS) is 13.2. The zero-order valence-electron chi connectivity index (χ0n) is 32.0. The van der Waals surface area contributed by atoms with E-state index in [9.17, 15) is 0 Å². The van der Waals surface area contributed by atoms with Crippen LogP contribution in [0.25, 0.3) is 109 Å². The number of benzene rings is 11. The molecule has 0 N–H and O–H groups in total. The number of hydrogen-bond donors (Lipinski definition) is 0. The van der Waals surface area contributed by atoms with E-state index in [1.54, 1.807) is 0 Å². The Balaban J connectivity index is 1.07. The van der Waals surface area contributed by atoms with Gasteiger partial charge >= 0.3 is 0 Å². The van der Waals surface area contributed by atoms with Crippen LogP contribution in [0.4, 0.5) is 0 Å². The summed E-state index contributed by atoms with van der Waals surface area (Å²) in [5.41, 5.74) is 13.0. The molecule has 11 aromatic rings. The summed E-state index contributed by atoms with van der Waals surface area (Å²) < 4.78 is 0. The molecule has 0 heterocycles. The van der Waals surface area contributed by atoms with Crippen molar-refractivity contribution in [1.82, 2.24) is 0 Å². The highest BCUT2D eigenvalue weighted by atomic mass is 14.4. The minimum absolute atomic E-state index is 0.149. The van der Waals surface area contributed by atoms with Crippen molar-refractivity contribution in [3.63, 3.8) is 0 Å². The largest absolute Gasteiger partial charge is 0.0616 e. The number of fused-ring (bicyclic) bond motifs is 12. The lowest BCUT2D eigenvalue weighted by Gasteiger charge is -2.25. The van der Waals surface area contributed by atoms with Crippen LogP contribution in [0.3, 0.4) is 0 Å². The van der Waals surface area contributed by atoms with Gasteiger partial charge in [0.25, 0.3) is 0 Å². The van der Waals surface area contributed by atoms with Gasteiger partial charge in [0.05, 0.1) is 0 Å². The summed E-state index contributed by atoms with van der Waals surface area (Å²) in [7, 11) is 0. The maximum atomic E-state index is 2.49. The molecule has 0 fully saturated rings. The number of hydrogen-bond acceptors (Lipinski definition) is 0. The van der Waals surface area contributed by atoms with Crippen molar-refractivity contribution >= 4 is 64.6 Å². The Morgan fingerprint density at radius 2 is 0.737 bits per heavy atom. The Hall–Kier alpha value is -7.02. The zero-order valence-corrected chi connectivity index (χ0v) is 32.0. The van der Waals surface area contributed by atoms with Crippen LogP contribution in [0.15, 0.2) is 194 Å². The Bertz CT molecular complexity index is 3410. The van der Waals surface area contributed by atoms with Gasteiger partial charge in [0.1, 0.15) is 0 Å². The molecule has 1 aliphatic rings. The standard InChI is InChI=1S/C57H38/c1-57(2)52-34-40-16-6-5-15-39(40)32-51(52)55-44-18-8-7-17-43(44)50-33-42(29-30-49(50)56(55)57)54-47-21-11-9-19-45(47)53(46-20-10-12-22-48(46)54)37-26-23-36(24-27-37)41-28-25-35-13-3-4-14-38(35)31-41/h3-34H,1-2H3. The SMILES string of the molecule is CC1(C)c2cc3ccccc3cc2-c2c1c1ccc(-c3c4ccccc4c(-c4ccc(-c5ccc6ccccc6c5)cc4)c4ccccc34)cc1c1ccccc21. The van der Waals surface area contributed by atoms with Crippen LogP contribution in [0.1, 0.15) is 25.0 Å². The van der Waals surface area contributed by atoms with Crippen LogP contribution in [-0.2, 0) is 5.41 Å². The first kappa shape index (κ1) is 32.2. The fraction of sp³-hybridized carbons (Fsp3) is 0.0526. The van der Waals surface area contributed by atoms with Crippen LogP contribution in [0, 0.1) is 0 Å². The minimum atomic E-state index is -0.149. The molecule has 0 heteroatoms. The van der Waals surface area contributed by atoms with E-state index < -0.39 is 0 Å². The summed E-state index contributed by atoms with van der Waals surface area (Å²) in [5, 5.41) is 15.5. The summed E-state index contributed by atoms with van der Waals surface area (Å²) in [6.07, 6.45) is 0. The van der Waals surface area contributed by atoms with E-state index in [4.69, 9.17) is 0 Å². The number of rotatable bonds is 3. The second-order valence-electron chi connectivity index (χ2n) is 16.4. The van der Waals surface area contributed by atoms with Crippen LogP contribution in [-0.4, -0.2) is 0 Å². The molecule has 0 aliphatic heterocycles. The molecule has 0 radical (unpaired) electrons. The van der Waals surface area contributed by atoms with Crippen LogP contribution in [0.2, 0.25) is 0 Å². The van der Waals surface area contributed by atoms with E-state index in [-0.39, 0.29) is 5.41 Å². The third-order valence-electron chi connectivity index (χ3n) is 13.0. The quantitative estimate of drug-likeness (QED) is 0.126. The molecule has 266 valence electrons. The second-order valence-corrected chi connectivity index (χ2v) is 16.4. The highest BCUT2D eigenvalue weighted by molar-refractivity contribution is 6.24. The fourth-order valence-corrected chi connectivity index (χ4v) is 10.3. The monoisotopic (exact) mass is 722 g/mol. The molecular formula is C57H38. The summed E-state index contributed by atoms with van der Waals surface area (Å²) in [4.78, 5) is 0. The minimum Gasteiger partial charge on any atom is -0.0616 e. The van der Waals surface area contributed by atoms with Gasteiger partial charge in [0, 0.05) is 5.41 Å². The molecule has 0 atom stereocenters. The Morgan fingerprint density at radius 1 is 0.281 bits per heavy atom. The Labute approximate surface area is 332 Å². The summed E-state index contributed by atoms with van der Waals surface area (Å²) in [6.45, 7) is 4.84. The highest BCUT2D eigenvalue weighted by Crippen LogP contribution is 2.56. The van der Waals surface area contributed by atoms with Gasteiger partial charge in [-0.15, -0.1) is 0 Å². The first-order valence-electron chi connectivity index (χ1n) is 20.1. The van der Waals surface area contributed by atoms with E-state index in [2.05, 4.69) is 208 Å². The molecule has 11 aromatic carbocycles. The molecule has 0 nitrogen and oxygen atoms in total. The lowest BCUT2D eigenvalue weighted by atomic mass is 9.78. The maximum absolute atomic E-state index is 2.49. The maximum Gasteiger partial charge on any atom is 0.0165 e. The van der Waals surface area contributed by atoms with Gasteiger partial charge in [0.15, 0.2) is 0 Å². The zero-order chi connectivity index (χ0) is 37.8. The van der Waals surface area contributed by atoms with Crippen molar-refractivity contribution in [1.29, 1.82) is 0 Å². The van der Waals surface area contributed by atoms with E-state index >= 15 is 0 Å². The van der Waals surface area contributed by atoms with Gasteiger partial charge in [-0.2, -0.15) is 0 Å². The smallest absolute Gasteiger partial charge is 0.0165 e. The van der Waals surface area contributed by atoms with Gasteiger partial charge in [-0.1, -0.05) is 184 Å². The van der Waals surface area contributed by atoms with Crippen molar-refractivity contribution in [2.45, 2.75) is 19.3 Å². The van der Waals surface area contributed by atoms with Crippen molar-refractivity contribution in [2.24, 2.45) is 0 Å². The van der Waals surface area contributed by atoms with Gasteiger partial charge in [-0.25, -0.2) is 0 Å². The first-order valence-corrected chi connectivity index (χ1v) is 20.1. The van der Waals surface area contributed by atoms with Crippen LogP contribution in [0.5, 0.6) is 0 Å². The molecule has 0 aromatic heterocycles. The predicted octanol–water partition coefficient (Wildman–Crippen LogP) is 15.9. The fourth-order valence-electron chi connectivity index (χ4n) is 10.3. The third-order valence-corrected chi connectivity index (χ3v) is 13.0. The van der Waals surface area contributed by atoms with Gasteiger partial charge in [-0.3, -0.25) is 0 Å². The van der Waals surface area contributed by atoms with Crippen molar-refractivity contribution in [3.8, 4) is 44.5 Å². The molecular weight excluding hydrogens is 685 g/mol. The Kier molecular flexibility index (Phi) is 6.78. The third kappa shape index (κ3) is 4.68. The van der Waals surface area contributed by atoms with Crippen molar-refractivity contribution in [2.75, 3.05) is 0 Å². The molecule has 0 spiro atoms. The van der Waals surface area contributed by atoms with Crippen molar-refractivity contribution in [3.05, 3.63) is 205 Å². The predicted molar refractivity (Wildman–Crippen MR) is 245 cm³/mol. The topological polar surface area (TPSA) is 0 Å². The molecule has 1 aliphatic carbocycles. The molecule has 0 bridgehead atoms. The van der Waals surface area contributed by atoms with E-state index in [0.717, 1.165) is 0 Å². The first-order chi connectivity index (χ1) is 28.0. The summed E-state index contributed by atoms with van der Waals surface area (Å²) >= 11 is 0. The molecule has 0 saturated heterocycles. The lowest BCUT2D eigenvalue weighted by molar-refractivity contribution is 0.667. The highest BCUT2D eigenvalue weighted by Gasteiger charge is 2.38. The molecule has 0 unspecified atom stereocenters. The average molecular weight is 723 g/mol. The molecule has 12 rings (SSSR count). The van der Waals surface area contributed by atoms with Crippen molar-refractivity contribution < 1.29 is 0 Å². The average Bonchev–Trinajstić information content (AvgIpc) is 3.50.